The Kier molecular flexibility index (Phi) is 8.67. The highest BCUT2D eigenvalue weighted by Gasteiger charge is 2.14. The van der Waals surface area contributed by atoms with Gasteiger partial charge in [-0.25, -0.2) is 4.79 Å². The van der Waals surface area contributed by atoms with Crippen molar-refractivity contribution in [2.24, 2.45) is 0 Å². The molecule has 0 aliphatic carbocycles. The van der Waals surface area contributed by atoms with Crippen LogP contribution in [0.4, 0.5) is 10.5 Å². The first kappa shape index (κ1) is 21.9. The summed E-state index contributed by atoms with van der Waals surface area (Å²) in [5, 5.41) is 5.43. The van der Waals surface area contributed by atoms with Crippen molar-refractivity contribution in [1.82, 2.24) is 10.2 Å². The first-order valence-electron chi connectivity index (χ1n) is 9.10. The monoisotopic (exact) mass is 397 g/mol. The van der Waals surface area contributed by atoms with Gasteiger partial charge in [-0.2, -0.15) is 0 Å². The maximum atomic E-state index is 12.1. The minimum Gasteiger partial charge on any atom is -0.493 e. The van der Waals surface area contributed by atoms with Crippen LogP contribution in [0.1, 0.15) is 5.56 Å². The number of nitrogens with zero attached hydrogens (tertiary/aromatic N) is 1. The molecule has 0 bridgehead atoms. The third kappa shape index (κ3) is 6.94. The highest BCUT2D eigenvalue weighted by Crippen LogP contribution is 2.39. The van der Waals surface area contributed by atoms with Crippen LogP contribution in [-0.2, 0) is 6.54 Å². The van der Waals surface area contributed by atoms with Crippen molar-refractivity contribution < 1.29 is 19.0 Å². The summed E-state index contributed by atoms with van der Waals surface area (Å²) < 4.78 is 15.8. The fourth-order valence-electron chi connectivity index (χ4n) is 2.66. The van der Waals surface area contributed by atoms with Crippen molar-refractivity contribution in [3.63, 3.8) is 0 Å². The topological polar surface area (TPSA) is 72.1 Å². The summed E-state index contributed by atoms with van der Waals surface area (Å²) in [6, 6.07) is 13.1. The predicted molar refractivity (Wildman–Crippen MR) is 114 cm³/mol. The molecule has 0 aliphatic rings. The summed E-state index contributed by atoms with van der Waals surface area (Å²) in [5.41, 5.74) is 1.76. The number of anilines is 1. The summed E-state index contributed by atoms with van der Waals surface area (Å²) in [7, 11) is 6.57. The van der Waals surface area contributed by atoms with E-state index in [9.17, 15) is 4.79 Å². The highest BCUT2D eigenvalue weighted by atomic mass is 16.5. The van der Waals surface area contributed by atoms with Crippen LogP contribution in [0.15, 0.2) is 42.5 Å². The molecule has 2 aromatic carbocycles. The molecule has 7 nitrogen and oxygen atoms in total. The molecular formula is C22H27N3O4. The normalized spacial score (nSPS) is 9.97. The Morgan fingerprint density at radius 1 is 1.00 bits per heavy atom. The zero-order valence-electron chi connectivity index (χ0n) is 17.2. The second kappa shape index (κ2) is 11.5. The lowest BCUT2D eigenvalue weighted by atomic mass is 10.2. The molecular weight excluding hydrogens is 370 g/mol. The summed E-state index contributed by atoms with van der Waals surface area (Å²) in [6.07, 6.45) is 0. The minimum absolute atomic E-state index is 0.245. The lowest BCUT2D eigenvalue weighted by Gasteiger charge is -2.14. The maximum absolute atomic E-state index is 12.1. The second-order valence-corrected chi connectivity index (χ2v) is 6.23. The van der Waals surface area contributed by atoms with E-state index in [2.05, 4.69) is 39.5 Å². The SMILES string of the molecule is COc1cc(NC(=O)NCC#CCN(C)Cc2ccccc2)cc(OC)c1OC. The van der Waals surface area contributed by atoms with Crippen LogP contribution < -0.4 is 24.8 Å². The van der Waals surface area contributed by atoms with E-state index in [-0.39, 0.29) is 12.6 Å². The molecule has 154 valence electrons. The first-order chi connectivity index (χ1) is 14.1. The van der Waals surface area contributed by atoms with Crippen molar-refractivity contribution in [1.29, 1.82) is 0 Å². The van der Waals surface area contributed by atoms with Gasteiger partial charge in [0.1, 0.15) is 0 Å². The van der Waals surface area contributed by atoms with Crippen LogP contribution in [0.5, 0.6) is 17.2 Å². The Morgan fingerprint density at radius 2 is 1.66 bits per heavy atom. The number of carbonyl (C=O) groups excluding carboxylic acids is 1. The Morgan fingerprint density at radius 3 is 2.24 bits per heavy atom. The van der Waals surface area contributed by atoms with E-state index in [1.54, 1.807) is 12.1 Å². The summed E-state index contributed by atoms with van der Waals surface area (Å²) >= 11 is 0. The van der Waals surface area contributed by atoms with E-state index in [1.165, 1.54) is 26.9 Å². The van der Waals surface area contributed by atoms with Crippen molar-refractivity contribution in [3.8, 4) is 29.1 Å². The molecule has 0 spiro atoms. The van der Waals surface area contributed by atoms with E-state index in [0.29, 0.717) is 29.5 Å². The van der Waals surface area contributed by atoms with Crippen molar-refractivity contribution in [2.75, 3.05) is 46.8 Å². The predicted octanol–water partition coefficient (Wildman–Crippen LogP) is 2.97. The first-order valence-corrected chi connectivity index (χ1v) is 9.10. The zero-order valence-corrected chi connectivity index (χ0v) is 17.2. The quantitative estimate of drug-likeness (QED) is 0.670. The molecule has 7 heteroatoms. The van der Waals surface area contributed by atoms with Gasteiger partial charge in [-0.05, 0) is 12.6 Å². The molecule has 0 unspecified atom stereocenters. The van der Waals surface area contributed by atoms with Gasteiger partial charge in [-0.15, -0.1) is 0 Å². The standard InChI is InChI=1S/C22H27N3O4/c1-25(16-17-10-6-5-7-11-17)13-9-8-12-23-22(26)24-18-14-19(27-2)21(29-4)20(15-18)28-3/h5-7,10-11,14-15H,12-13,16H2,1-4H3,(H2,23,24,26). The van der Waals surface area contributed by atoms with Gasteiger partial charge >= 0.3 is 6.03 Å². The number of amides is 2. The minimum atomic E-state index is -0.369. The van der Waals surface area contributed by atoms with E-state index in [1.807, 2.05) is 25.2 Å². The van der Waals surface area contributed by atoms with Gasteiger partial charge < -0.3 is 24.8 Å². The number of hydrogen-bond acceptors (Lipinski definition) is 5. The van der Waals surface area contributed by atoms with Crippen LogP contribution in [0.25, 0.3) is 0 Å². The Hall–Kier alpha value is -3.37. The van der Waals surface area contributed by atoms with Crippen LogP contribution in [0, 0.1) is 11.8 Å². The number of methoxy groups -OCH3 is 3. The van der Waals surface area contributed by atoms with Gasteiger partial charge in [0.15, 0.2) is 11.5 Å². The third-order valence-electron chi connectivity index (χ3n) is 4.03. The summed E-state index contributed by atoms with van der Waals surface area (Å²) in [4.78, 5) is 14.2. The number of rotatable bonds is 8. The van der Waals surface area contributed by atoms with E-state index in [4.69, 9.17) is 14.2 Å². The number of ether oxygens (including phenoxy) is 3. The van der Waals surface area contributed by atoms with Gasteiger partial charge in [0.25, 0.3) is 0 Å². The van der Waals surface area contributed by atoms with Crippen LogP contribution >= 0.6 is 0 Å². The second-order valence-electron chi connectivity index (χ2n) is 6.23. The fraction of sp³-hybridized carbons (Fsp3) is 0.318. The van der Waals surface area contributed by atoms with Gasteiger partial charge in [0.2, 0.25) is 5.75 Å². The molecule has 0 fully saturated rings. The number of nitrogens with one attached hydrogen (secondary N) is 2. The molecule has 29 heavy (non-hydrogen) atoms. The zero-order chi connectivity index (χ0) is 21.1. The largest absolute Gasteiger partial charge is 0.493 e. The molecule has 0 atom stereocenters. The average Bonchev–Trinajstić information content (AvgIpc) is 2.73. The average molecular weight is 397 g/mol. The number of carbonyl (C=O) groups is 1. The Labute approximate surface area is 171 Å². The van der Waals surface area contributed by atoms with Crippen LogP contribution in [0.2, 0.25) is 0 Å². The van der Waals surface area contributed by atoms with E-state index < -0.39 is 0 Å². The van der Waals surface area contributed by atoms with Crippen LogP contribution in [-0.4, -0.2) is 52.4 Å². The summed E-state index contributed by atoms with van der Waals surface area (Å²) in [6.45, 7) is 1.69. The van der Waals surface area contributed by atoms with Gasteiger partial charge in [0, 0.05) is 18.7 Å². The molecule has 0 saturated carbocycles. The van der Waals surface area contributed by atoms with Gasteiger partial charge in [0.05, 0.1) is 40.1 Å². The van der Waals surface area contributed by atoms with Gasteiger partial charge in [-0.1, -0.05) is 42.2 Å². The lowest BCUT2D eigenvalue weighted by molar-refractivity contribution is 0.253. The van der Waals surface area contributed by atoms with Crippen molar-refractivity contribution in [3.05, 3.63) is 48.0 Å². The molecule has 2 rings (SSSR count). The smallest absolute Gasteiger partial charge is 0.319 e. The molecule has 0 aromatic heterocycles. The fourth-order valence-corrected chi connectivity index (χ4v) is 2.66. The molecule has 0 heterocycles. The maximum Gasteiger partial charge on any atom is 0.319 e. The highest BCUT2D eigenvalue weighted by molar-refractivity contribution is 5.90. The molecule has 0 saturated heterocycles. The van der Waals surface area contributed by atoms with Crippen molar-refractivity contribution in [2.45, 2.75) is 6.54 Å². The molecule has 2 amide bonds. The molecule has 2 aromatic rings. The number of benzene rings is 2. The molecule has 0 radical (unpaired) electrons. The van der Waals surface area contributed by atoms with E-state index in [0.717, 1.165) is 6.54 Å². The number of hydrogen-bond donors (Lipinski definition) is 2. The summed E-state index contributed by atoms with van der Waals surface area (Å²) in [5.74, 6) is 7.39. The lowest BCUT2D eigenvalue weighted by Crippen LogP contribution is -2.29. The third-order valence-corrected chi connectivity index (χ3v) is 4.03. The van der Waals surface area contributed by atoms with Crippen LogP contribution in [0.3, 0.4) is 0 Å². The Balaban J connectivity index is 1.81. The van der Waals surface area contributed by atoms with Crippen molar-refractivity contribution >= 4 is 11.7 Å². The Bertz CT molecular complexity index is 834. The number of urea groups is 1. The van der Waals surface area contributed by atoms with Gasteiger partial charge in [-0.3, -0.25) is 4.90 Å². The molecule has 2 N–H and O–H groups in total. The molecule has 0 aliphatic heterocycles. The van der Waals surface area contributed by atoms with E-state index >= 15 is 0 Å².